The number of rotatable bonds is 4. The van der Waals surface area contributed by atoms with Gasteiger partial charge in [0.25, 0.3) is 5.56 Å². The lowest BCUT2D eigenvalue weighted by Gasteiger charge is -2.32. The van der Waals surface area contributed by atoms with E-state index < -0.39 is 0 Å². The average Bonchev–Trinajstić information content (AvgIpc) is 3.46. The van der Waals surface area contributed by atoms with E-state index in [9.17, 15) is 4.79 Å². The van der Waals surface area contributed by atoms with E-state index in [0.717, 1.165) is 54.7 Å². The number of aromatic amines is 1. The largest absolute Gasteiger partial charge is 0.352 e. The van der Waals surface area contributed by atoms with Crippen molar-refractivity contribution in [3.63, 3.8) is 0 Å². The van der Waals surface area contributed by atoms with Gasteiger partial charge in [-0.05, 0) is 38.0 Å². The Morgan fingerprint density at radius 3 is 2.79 bits per heavy atom. The molecule has 4 aromatic heterocycles. The molecule has 10 heteroatoms. The molecule has 2 fully saturated rings. The fourth-order valence-electron chi connectivity index (χ4n) is 5.17. The zero-order chi connectivity index (χ0) is 22.4. The van der Waals surface area contributed by atoms with Crippen LogP contribution in [0.1, 0.15) is 38.6 Å². The molecule has 1 atom stereocenters. The highest BCUT2D eigenvalue weighted by atomic mass is 16.1. The van der Waals surface area contributed by atoms with Gasteiger partial charge in [-0.1, -0.05) is 12.8 Å². The Balaban J connectivity index is 1.34. The molecule has 10 nitrogen and oxygen atoms in total. The molecule has 0 aromatic carbocycles. The normalized spacial score (nSPS) is 19.5. The first-order valence-corrected chi connectivity index (χ1v) is 11.6. The van der Waals surface area contributed by atoms with Crippen molar-refractivity contribution in [2.45, 2.75) is 44.7 Å². The van der Waals surface area contributed by atoms with Gasteiger partial charge in [-0.3, -0.25) is 4.79 Å². The van der Waals surface area contributed by atoms with Crippen LogP contribution < -0.4 is 21.1 Å². The predicted molar refractivity (Wildman–Crippen MR) is 128 cm³/mol. The minimum atomic E-state index is -0.0874. The van der Waals surface area contributed by atoms with Crippen molar-refractivity contribution >= 4 is 39.5 Å². The summed E-state index contributed by atoms with van der Waals surface area (Å²) in [5.74, 6) is 1.90. The smallest absolute Gasteiger partial charge is 0.272 e. The van der Waals surface area contributed by atoms with Crippen LogP contribution in [-0.4, -0.2) is 55.4 Å². The summed E-state index contributed by atoms with van der Waals surface area (Å²) < 4.78 is 2.11. The molecule has 1 saturated carbocycles. The Bertz CT molecular complexity index is 1350. The van der Waals surface area contributed by atoms with Crippen molar-refractivity contribution in [2.75, 3.05) is 29.9 Å². The van der Waals surface area contributed by atoms with Crippen molar-refractivity contribution < 1.29 is 0 Å². The van der Waals surface area contributed by atoms with E-state index in [2.05, 4.69) is 47.2 Å². The molecule has 1 saturated heterocycles. The standard InChI is InChI=1S/C23H27N9O/c1-14-13-31(11-10-24-14)19-7-6-18(29-30-19)27-23-26-12-17-16-8-9-25-22(33)20(16)32(21(17)28-23)15-4-2-3-5-15/h6-9,12,14-15,24H,2-5,10-11,13H2,1H3,(H,25,33)(H,26,27,28,29)/t14-/m0/s1. The molecule has 0 unspecified atom stereocenters. The molecule has 3 N–H and O–H groups in total. The summed E-state index contributed by atoms with van der Waals surface area (Å²) in [6.07, 6.45) is 7.92. The van der Waals surface area contributed by atoms with E-state index in [-0.39, 0.29) is 11.6 Å². The monoisotopic (exact) mass is 445 g/mol. The molecule has 2 aliphatic rings. The molecule has 0 spiro atoms. The second kappa shape index (κ2) is 8.11. The highest BCUT2D eigenvalue weighted by Crippen LogP contribution is 2.36. The number of hydrogen-bond donors (Lipinski definition) is 3. The number of fused-ring (bicyclic) bond motifs is 3. The predicted octanol–water partition coefficient (Wildman–Crippen LogP) is 2.72. The Labute approximate surface area is 190 Å². The molecule has 0 radical (unpaired) electrons. The first-order valence-electron chi connectivity index (χ1n) is 11.6. The van der Waals surface area contributed by atoms with Crippen LogP contribution in [0.4, 0.5) is 17.6 Å². The van der Waals surface area contributed by atoms with E-state index in [4.69, 9.17) is 4.98 Å². The van der Waals surface area contributed by atoms with Crippen molar-refractivity contribution in [3.05, 3.63) is 40.9 Å². The van der Waals surface area contributed by atoms with Crippen LogP contribution in [-0.2, 0) is 0 Å². The van der Waals surface area contributed by atoms with Gasteiger partial charge in [-0.15, -0.1) is 10.2 Å². The highest BCUT2D eigenvalue weighted by Gasteiger charge is 2.25. The number of H-pyrrole nitrogens is 1. The minimum Gasteiger partial charge on any atom is -0.352 e. The maximum Gasteiger partial charge on any atom is 0.272 e. The van der Waals surface area contributed by atoms with Gasteiger partial charge in [0, 0.05) is 54.9 Å². The summed E-state index contributed by atoms with van der Waals surface area (Å²) in [6.45, 7) is 4.93. The fourth-order valence-corrected chi connectivity index (χ4v) is 5.17. The Morgan fingerprint density at radius 1 is 1.12 bits per heavy atom. The Kier molecular flexibility index (Phi) is 4.94. The molecule has 170 valence electrons. The number of nitrogens with zero attached hydrogens (tertiary/aromatic N) is 6. The zero-order valence-corrected chi connectivity index (χ0v) is 18.6. The molecule has 1 aliphatic heterocycles. The van der Waals surface area contributed by atoms with Gasteiger partial charge in [0.1, 0.15) is 11.2 Å². The van der Waals surface area contributed by atoms with Crippen LogP contribution in [0.5, 0.6) is 0 Å². The molecular weight excluding hydrogens is 418 g/mol. The van der Waals surface area contributed by atoms with Gasteiger partial charge in [-0.2, -0.15) is 4.98 Å². The van der Waals surface area contributed by atoms with Crippen LogP contribution >= 0.6 is 0 Å². The lowest BCUT2D eigenvalue weighted by atomic mass is 10.2. The SMILES string of the molecule is C[C@H]1CN(c2ccc(Nc3ncc4c5cc[nH]c(=O)c5n(C5CCCC5)c4n3)nn2)CCN1. The molecule has 1 aliphatic carbocycles. The topological polar surface area (TPSA) is 117 Å². The summed E-state index contributed by atoms with van der Waals surface area (Å²) in [5, 5.41) is 17.2. The molecule has 0 bridgehead atoms. The fraction of sp³-hybridized carbons (Fsp3) is 0.435. The first kappa shape index (κ1) is 20.1. The maximum atomic E-state index is 12.7. The van der Waals surface area contributed by atoms with E-state index in [1.165, 1.54) is 12.8 Å². The van der Waals surface area contributed by atoms with Crippen molar-refractivity contribution in [2.24, 2.45) is 0 Å². The summed E-state index contributed by atoms with van der Waals surface area (Å²) in [4.78, 5) is 27.1. The van der Waals surface area contributed by atoms with Crippen molar-refractivity contribution in [1.29, 1.82) is 0 Å². The van der Waals surface area contributed by atoms with E-state index in [1.807, 2.05) is 18.2 Å². The number of anilines is 3. The van der Waals surface area contributed by atoms with Crippen molar-refractivity contribution in [1.82, 2.24) is 35.0 Å². The minimum absolute atomic E-state index is 0.0874. The number of aromatic nitrogens is 6. The Hall–Kier alpha value is -3.53. The van der Waals surface area contributed by atoms with Crippen LogP contribution in [0.2, 0.25) is 0 Å². The van der Waals surface area contributed by atoms with Gasteiger partial charge >= 0.3 is 0 Å². The summed E-state index contributed by atoms with van der Waals surface area (Å²) in [5.41, 5.74) is 1.38. The summed E-state index contributed by atoms with van der Waals surface area (Å²) in [6, 6.07) is 6.51. The van der Waals surface area contributed by atoms with Crippen LogP contribution in [0.25, 0.3) is 21.9 Å². The number of pyridine rings is 1. The third-order valence-electron chi connectivity index (χ3n) is 6.74. The van der Waals surface area contributed by atoms with E-state index in [1.54, 1.807) is 12.4 Å². The molecule has 4 aromatic rings. The second-order valence-electron chi connectivity index (χ2n) is 9.01. The van der Waals surface area contributed by atoms with Gasteiger partial charge in [0.05, 0.1) is 0 Å². The van der Waals surface area contributed by atoms with Gasteiger partial charge in [0.2, 0.25) is 5.95 Å². The van der Waals surface area contributed by atoms with Gasteiger partial charge < -0.3 is 25.1 Å². The van der Waals surface area contributed by atoms with Crippen LogP contribution in [0.15, 0.2) is 35.4 Å². The van der Waals surface area contributed by atoms with Crippen LogP contribution in [0.3, 0.4) is 0 Å². The molecule has 0 amide bonds. The van der Waals surface area contributed by atoms with Crippen molar-refractivity contribution in [3.8, 4) is 0 Å². The lowest BCUT2D eigenvalue weighted by molar-refractivity contribution is 0.481. The molecular formula is C23H27N9O. The van der Waals surface area contributed by atoms with Crippen LogP contribution in [0, 0.1) is 0 Å². The molecule has 33 heavy (non-hydrogen) atoms. The third-order valence-corrected chi connectivity index (χ3v) is 6.74. The third kappa shape index (κ3) is 3.60. The molecule has 5 heterocycles. The maximum absolute atomic E-state index is 12.7. The highest BCUT2D eigenvalue weighted by molar-refractivity contribution is 6.06. The summed E-state index contributed by atoms with van der Waals surface area (Å²) in [7, 11) is 0. The van der Waals surface area contributed by atoms with Gasteiger partial charge in [-0.25, -0.2) is 4.98 Å². The average molecular weight is 446 g/mol. The first-order chi connectivity index (χ1) is 16.2. The lowest BCUT2D eigenvalue weighted by Crippen LogP contribution is -2.49. The second-order valence-corrected chi connectivity index (χ2v) is 9.01. The molecule has 6 rings (SSSR count). The van der Waals surface area contributed by atoms with Gasteiger partial charge in [0.15, 0.2) is 11.6 Å². The number of nitrogens with one attached hydrogen (secondary N) is 3. The zero-order valence-electron chi connectivity index (χ0n) is 18.6. The number of hydrogen-bond acceptors (Lipinski definition) is 8. The number of piperazine rings is 1. The van der Waals surface area contributed by atoms with E-state index in [0.29, 0.717) is 23.3 Å². The quantitative estimate of drug-likeness (QED) is 0.439. The Morgan fingerprint density at radius 2 is 2.00 bits per heavy atom. The summed E-state index contributed by atoms with van der Waals surface area (Å²) >= 11 is 0. The van der Waals surface area contributed by atoms with E-state index >= 15 is 0 Å².